The van der Waals surface area contributed by atoms with E-state index in [1.165, 1.54) is 30.5 Å². The quantitative estimate of drug-likeness (QED) is 0.456. The molecule has 1 atom stereocenters. The number of halogens is 1. The normalized spacial score (nSPS) is 18.1. The summed E-state index contributed by atoms with van der Waals surface area (Å²) < 4.78 is 18.5. The zero-order chi connectivity index (χ0) is 19.8. The Morgan fingerprint density at radius 1 is 1.39 bits per heavy atom. The van der Waals surface area contributed by atoms with Gasteiger partial charge in [0.05, 0.1) is 13.2 Å². The van der Waals surface area contributed by atoms with Crippen LogP contribution in [0.3, 0.4) is 0 Å². The van der Waals surface area contributed by atoms with Crippen LogP contribution in [0.4, 0.5) is 4.39 Å². The Balaban J connectivity index is 1.53. The van der Waals surface area contributed by atoms with Gasteiger partial charge in [-0.3, -0.25) is 9.89 Å². The predicted molar refractivity (Wildman–Crippen MR) is 112 cm³/mol. The summed E-state index contributed by atoms with van der Waals surface area (Å²) >= 11 is 0. The van der Waals surface area contributed by atoms with Crippen molar-refractivity contribution in [3.63, 3.8) is 0 Å². The van der Waals surface area contributed by atoms with Gasteiger partial charge in [-0.1, -0.05) is 0 Å². The Morgan fingerprint density at radius 2 is 2.29 bits per heavy atom. The van der Waals surface area contributed by atoms with Crippen molar-refractivity contribution in [2.75, 3.05) is 46.4 Å². The minimum atomic E-state index is -0.216. The molecule has 3 rings (SSSR count). The predicted octanol–water partition coefficient (Wildman–Crippen LogP) is 2.52. The monoisotopic (exact) mass is 389 g/mol. The van der Waals surface area contributed by atoms with Crippen molar-refractivity contribution in [1.29, 1.82) is 0 Å². The molecule has 2 aromatic rings. The molecule has 2 heterocycles. The highest BCUT2D eigenvalue weighted by Gasteiger charge is 2.23. The molecule has 1 aliphatic heterocycles. The highest BCUT2D eigenvalue weighted by molar-refractivity contribution is 5.83. The largest absolute Gasteiger partial charge is 0.383 e. The van der Waals surface area contributed by atoms with Gasteiger partial charge in [-0.05, 0) is 56.5 Å². The van der Waals surface area contributed by atoms with Gasteiger partial charge in [-0.2, -0.15) is 0 Å². The van der Waals surface area contributed by atoms with Crippen molar-refractivity contribution in [2.45, 2.75) is 32.2 Å². The SMILES string of the molecule is CCNC(=NCC1CCCN1CCOC)NCCc1c[nH]c2cc(F)ccc12. The number of aliphatic imine (C=N–C) groups is 1. The molecule has 1 aromatic heterocycles. The molecule has 0 spiro atoms. The van der Waals surface area contributed by atoms with Gasteiger partial charge >= 0.3 is 0 Å². The van der Waals surface area contributed by atoms with Crippen molar-refractivity contribution >= 4 is 16.9 Å². The molecule has 1 saturated heterocycles. The maximum Gasteiger partial charge on any atom is 0.191 e. The summed E-state index contributed by atoms with van der Waals surface area (Å²) in [5.41, 5.74) is 2.02. The van der Waals surface area contributed by atoms with Gasteiger partial charge in [0.15, 0.2) is 5.96 Å². The number of rotatable bonds is 9. The lowest BCUT2D eigenvalue weighted by molar-refractivity contribution is 0.142. The van der Waals surface area contributed by atoms with Gasteiger partial charge in [0, 0.05) is 49.9 Å². The summed E-state index contributed by atoms with van der Waals surface area (Å²) in [6.07, 6.45) is 5.23. The molecule has 3 N–H and O–H groups in total. The number of methoxy groups -OCH3 is 1. The van der Waals surface area contributed by atoms with E-state index < -0.39 is 0 Å². The fourth-order valence-corrected chi connectivity index (χ4v) is 3.82. The molecule has 154 valence electrons. The van der Waals surface area contributed by atoms with Crippen LogP contribution in [0.5, 0.6) is 0 Å². The Bertz CT molecular complexity index is 775. The zero-order valence-electron chi connectivity index (χ0n) is 16.9. The molecular weight excluding hydrogens is 357 g/mol. The number of guanidine groups is 1. The van der Waals surface area contributed by atoms with E-state index in [1.807, 2.05) is 12.3 Å². The molecule has 0 aliphatic carbocycles. The van der Waals surface area contributed by atoms with Crippen LogP contribution in [-0.2, 0) is 11.2 Å². The van der Waals surface area contributed by atoms with Crippen LogP contribution in [0.25, 0.3) is 10.9 Å². The minimum Gasteiger partial charge on any atom is -0.383 e. The lowest BCUT2D eigenvalue weighted by atomic mass is 10.1. The summed E-state index contributed by atoms with van der Waals surface area (Å²) in [7, 11) is 1.75. The number of hydrogen-bond acceptors (Lipinski definition) is 3. The topological polar surface area (TPSA) is 64.7 Å². The number of benzene rings is 1. The van der Waals surface area contributed by atoms with Gasteiger partial charge in [0.2, 0.25) is 0 Å². The molecule has 0 radical (unpaired) electrons. The van der Waals surface area contributed by atoms with E-state index >= 15 is 0 Å². The molecule has 0 amide bonds. The molecular formula is C21H32FN5O. The van der Waals surface area contributed by atoms with Crippen LogP contribution >= 0.6 is 0 Å². The van der Waals surface area contributed by atoms with Crippen LogP contribution < -0.4 is 10.6 Å². The van der Waals surface area contributed by atoms with Gasteiger partial charge in [0.25, 0.3) is 0 Å². The van der Waals surface area contributed by atoms with Crippen molar-refractivity contribution in [3.05, 3.63) is 35.8 Å². The Kier molecular flexibility index (Phi) is 7.68. The number of H-pyrrole nitrogens is 1. The average Bonchev–Trinajstić information content (AvgIpc) is 3.30. The van der Waals surface area contributed by atoms with E-state index in [1.54, 1.807) is 7.11 Å². The summed E-state index contributed by atoms with van der Waals surface area (Å²) in [6.45, 7) is 7.35. The molecule has 7 heteroatoms. The van der Waals surface area contributed by atoms with Gasteiger partial charge in [0.1, 0.15) is 5.82 Å². The third kappa shape index (κ3) is 5.45. The third-order valence-corrected chi connectivity index (χ3v) is 5.30. The van der Waals surface area contributed by atoms with Crippen LogP contribution in [0.15, 0.2) is 29.4 Å². The molecule has 28 heavy (non-hydrogen) atoms. The molecule has 1 aliphatic rings. The number of nitrogens with one attached hydrogen (secondary N) is 3. The first-order valence-electron chi connectivity index (χ1n) is 10.2. The Labute approximate surface area is 166 Å². The standard InChI is InChI=1S/C21H32FN5O/c1-3-23-21(26-15-18-5-4-10-27(18)11-12-28-2)24-9-8-16-14-25-20-13-17(22)6-7-19(16)20/h6-7,13-14,18,25H,3-5,8-12,15H2,1-2H3,(H2,23,24,26). The van der Waals surface area contributed by atoms with Crippen molar-refractivity contribution in [2.24, 2.45) is 4.99 Å². The lowest BCUT2D eigenvalue weighted by Crippen LogP contribution is -2.40. The van der Waals surface area contributed by atoms with Crippen LogP contribution in [-0.4, -0.2) is 68.3 Å². The number of fused-ring (bicyclic) bond motifs is 1. The first-order valence-corrected chi connectivity index (χ1v) is 10.2. The highest BCUT2D eigenvalue weighted by Crippen LogP contribution is 2.19. The van der Waals surface area contributed by atoms with Gasteiger partial charge in [-0.25, -0.2) is 4.39 Å². The highest BCUT2D eigenvalue weighted by atomic mass is 19.1. The van der Waals surface area contributed by atoms with E-state index in [0.717, 1.165) is 62.6 Å². The smallest absolute Gasteiger partial charge is 0.191 e. The first kappa shape index (κ1) is 20.6. The van der Waals surface area contributed by atoms with Crippen molar-refractivity contribution in [3.8, 4) is 0 Å². The zero-order valence-corrected chi connectivity index (χ0v) is 16.9. The van der Waals surface area contributed by atoms with Gasteiger partial charge in [-0.15, -0.1) is 0 Å². The fraction of sp³-hybridized carbons (Fsp3) is 0.571. The fourth-order valence-electron chi connectivity index (χ4n) is 3.82. The lowest BCUT2D eigenvalue weighted by Gasteiger charge is -2.23. The van der Waals surface area contributed by atoms with E-state index in [4.69, 9.17) is 9.73 Å². The molecule has 6 nitrogen and oxygen atoms in total. The number of ether oxygens (including phenoxy) is 1. The minimum absolute atomic E-state index is 0.216. The Hall–Kier alpha value is -2.12. The maximum atomic E-state index is 13.3. The molecule has 1 fully saturated rings. The Morgan fingerprint density at radius 3 is 3.11 bits per heavy atom. The summed E-state index contributed by atoms with van der Waals surface area (Å²) in [6, 6.07) is 5.38. The number of likely N-dealkylation sites (tertiary alicyclic amines) is 1. The third-order valence-electron chi connectivity index (χ3n) is 5.30. The van der Waals surface area contributed by atoms with E-state index in [2.05, 4.69) is 27.4 Å². The van der Waals surface area contributed by atoms with E-state index in [0.29, 0.717) is 6.04 Å². The number of hydrogen-bond donors (Lipinski definition) is 3. The second kappa shape index (κ2) is 10.4. The summed E-state index contributed by atoms with van der Waals surface area (Å²) in [4.78, 5) is 10.4. The first-order chi connectivity index (χ1) is 13.7. The van der Waals surface area contributed by atoms with E-state index in [-0.39, 0.29) is 5.82 Å². The summed E-state index contributed by atoms with van der Waals surface area (Å²) in [5.74, 6) is 0.638. The van der Waals surface area contributed by atoms with Crippen molar-refractivity contribution in [1.82, 2.24) is 20.5 Å². The van der Waals surface area contributed by atoms with Gasteiger partial charge < -0.3 is 20.4 Å². The van der Waals surface area contributed by atoms with E-state index in [9.17, 15) is 4.39 Å². The molecule has 1 unspecified atom stereocenters. The van der Waals surface area contributed by atoms with Crippen molar-refractivity contribution < 1.29 is 9.13 Å². The molecule has 0 bridgehead atoms. The van der Waals surface area contributed by atoms with Crippen LogP contribution in [0.1, 0.15) is 25.3 Å². The number of aromatic nitrogens is 1. The second-order valence-electron chi connectivity index (χ2n) is 7.23. The van der Waals surface area contributed by atoms with Crippen LogP contribution in [0, 0.1) is 5.82 Å². The average molecular weight is 390 g/mol. The maximum absolute atomic E-state index is 13.3. The number of nitrogens with zero attached hydrogens (tertiary/aromatic N) is 2. The molecule has 0 saturated carbocycles. The second-order valence-corrected chi connectivity index (χ2v) is 7.23. The number of aromatic amines is 1. The summed E-state index contributed by atoms with van der Waals surface area (Å²) in [5, 5.41) is 7.83. The van der Waals surface area contributed by atoms with Crippen LogP contribution in [0.2, 0.25) is 0 Å². The molecule has 1 aromatic carbocycles.